The number of likely N-dealkylation sites (tertiary alicyclic amines) is 1. The van der Waals surface area contributed by atoms with Crippen LogP contribution in [0, 0.1) is 5.92 Å². The predicted octanol–water partition coefficient (Wildman–Crippen LogP) is 3.42. The van der Waals surface area contributed by atoms with Gasteiger partial charge in [-0.3, -0.25) is 4.79 Å². The molecule has 0 aromatic heterocycles. The Hall–Kier alpha value is -2.09. The molecule has 1 aliphatic carbocycles. The van der Waals surface area contributed by atoms with Crippen molar-refractivity contribution in [3.8, 4) is 0 Å². The van der Waals surface area contributed by atoms with Crippen molar-refractivity contribution in [2.45, 2.75) is 24.7 Å². The van der Waals surface area contributed by atoms with E-state index >= 15 is 0 Å². The first-order valence-corrected chi connectivity index (χ1v) is 8.19. The number of rotatable bonds is 5. The van der Waals surface area contributed by atoms with Crippen molar-refractivity contribution in [2.75, 3.05) is 13.1 Å². The van der Waals surface area contributed by atoms with Crippen LogP contribution in [-0.4, -0.2) is 23.9 Å². The second kappa shape index (κ2) is 5.28. The first-order valence-electron chi connectivity index (χ1n) is 8.19. The highest BCUT2D eigenvalue weighted by Crippen LogP contribution is 2.59. The van der Waals surface area contributed by atoms with Crippen molar-refractivity contribution >= 4 is 5.91 Å². The number of carbonyl (C=O) groups excluding carboxylic acids is 1. The van der Waals surface area contributed by atoms with Crippen LogP contribution in [0.5, 0.6) is 0 Å². The number of aryl methyl sites for hydroxylation is 1. The third-order valence-electron chi connectivity index (χ3n) is 5.24. The molecule has 2 aromatic rings. The normalized spacial score (nSPS) is 26.1. The maximum absolute atomic E-state index is 12.8. The zero-order valence-electron chi connectivity index (χ0n) is 12.7. The van der Waals surface area contributed by atoms with Crippen molar-refractivity contribution in [2.24, 2.45) is 5.92 Å². The number of amides is 1. The molecule has 2 unspecified atom stereocenters. The molecule has 0 N–H and O–H groups in total. The lowest BCUT2D eigenvalue weighted by Gasteiger charge is -2.21. The highest BCUT2D eigenvalue weighted by Gasteiger charge is 2.66. The van der Waals surface area contributed by atoms with Crippen LogP contribution in [0.15, 0.2) is 60.7 Å². The number of hydrogen-bond donors (Lipinski definition) is 0. The van der Waals surface area contributed by atoms with Gasteiger partial charge in [0.1, 0.15) is 0 Å². The van der Waals surface area contributed by atoms with Gasteiger partial charge in [0.2, 0.25) is 5.91 Å². The fraction of sp³-hybridized carbons (Fsp3) is 0.350. The number of fused-ring (bicyclic) bond motifs is 1. The third kappa shape index (κ3) is 2.14. The van der Waals surface area contributed by atoms with Gasteiger partial charge in [0.05, 0.1) is 5.41 Å². The van der Waals surface area contributed by atoms with E-state index in [0.717, 1.165) is 32.4 Å². The van der Waals surface area contributed by atoms with Gasteiger partial charge in [0, 0.05) is 13.1 Å². The van der Waals surface area contributed by atoms with Crippen LogP contribution < -0.4 is 0 Å². The highest BCUT2D eigenvalue weighted by atomic mass is 16.2. The minimum Gasteiger partial charge on any atom is -0.342 e. The van der Waals surface area contributed by atoms with Crippen LogP contribution in [0.2, 0.25) is 0 Å². The van der Waals surface area contributed by atoms with Gasteiger partial charge in [0.15, 0.2) is 0 Å². The van der Waals surface area contributed by atoms with Gasteiger partial charge in [-0.1, -0.05) is 60.7 Å². The molecule has 2 heteroatoms. The van der Waals surface area contributed by atoms with E-state index in [1.165, 1.54) is 11.1 Å². The SMILES string of the molecule is O=C1N(CCCc2ccccc2)CC2CC12c1ccccc1. The van der Waals surface area contributed by atoms with E-state index in [-0.39, 0.29) is 5.41 Å². The van der Waals surface area contributed by atoms with Crippen molar-refractivity contribution < 1.29 is 4.79 Å². The Balaban J connectivity index is 1.39. The second-order valence-corrected chi connectivity index (χ2v) is 6.58. The summed E-state index contributed by atoms with van der Waals surface area (Å²) in [4.78, 5) is 14.9. The Kier molecular flexibility index (Phi) is 3.25. The molecule has 2 aromatic carbocycles. The van der Waals surface area contributed by atoms with E-state index in [9.17, 15) is 4.79 Å². The van der Waals surface area contributed by atoms with Gasteiger partial charge in [-0.05, 0) is 36.3 Å². The molecule has 2 fully saturated rings. The van der Waals surface area contributed by atoms with Crippen molar-refractivity contribution in [3.63, 3.8) is 0 Å². The molecule has 1 saturated heterocycles. The van der Waals surface area contributed by atoms with E-state index in [1.54, 1.807) is 0 Å². The Morgan fingerprint density at radius 2 is 1.68 bits per heavy atom. The lowest BCUT2D eigenvalue weighted by atomic mass is 9.94. The monoisotopic (exact) mass is 291 g/mol. The fourth-order valence-electron chi connectivity index (χ4n) is 3.97. The largest absolute Gasteiger partial charge is 0.342 e. The molecule has 2 atom stereocenters. The standard InChI is InChI=1S/C20H21NO/c22-19-20(17-11-5-2-6-12-17)14-18(20)15-21(19)13-7-10-16-8-3-1-4-9-16/h1-6,8-9,11-12,18H,7,10,13-15H2. The summed E-state index contributed by atoms with van der Waals surface area (Å²) in [5.74, 6) is 0.899. The molecular weight excluding hydrogens is 270 g/mol. The Labute approximate surface area is 131 Å². The van der Waals surface area contributed by atoms with Crippen molar-refractivity contribution in [1.29, 1.82) is 0 Å². The van der Waals surface area contributed by atoms with Crippen molar-refractivity contribution in [3.05, 3.63) is 71.8 Å². The molecule has 0 radical (unpaired) electrons. The average molecular weight is 291 g/mol. The summed E-state index contributed by atoms with van der Waals surface area (Å²) in [7, 11) is 0. The molecule has 1 amide bonds. The average Bonchev–Trinajstić information content (AvgIpc) is 3.24. The molecular formula is C20H21NO. The van der Waals surface area contributed by atoms with E-state index < -0.39 is 0 Å². The third-order valence-corrected chi connectivity index (χ3v) is 5.24. The molecule has 4 rings (SSSR count). The van der Waals surface area contributed by atoms with E-state index in [1.807, 2.05) is 24.3 Å². The van der Waals surface area contributed by atoms with Gasteiger partial charge in [0.25, 0.3) is 0 Å². The smallest absolute Gasteiger partial charge is 0.233 e. The number of hydrogen-bond acceptors (Lipinski definition) is 1. The Morgan fingerprint density at radius 3 is 2.41 bits per heavy atom. The van der Waals surface area contributed by atoms with Crippen LogP contribution in [0.1, 0.15) is 24.0 Å². The summed E-state index contributed by atoms with van der Waals surface area (Å²) in [5, 5.41) is 0. The topological polar surface area (TPSA) is 20.3 Å². The number of benzene rings is 2. The van der Waals surface area contributed by atoms with E-state index in [4.69, 9.17) is 0 Å². The van der Waals surface area contributed by atoms with Gasteiger partial charge < -0.3 is 4.90 Å². The van der Waals surface area contributed by atoms with Crippen LogP contribution in [0.25, 0.3) is 0 Å². The maximum Gasteiger partial charge on any atom is 0.233 e. The lowest BCUT2D eigenvalue weighted by Crippen LogP contribution is -2.34. The minimum atomic E-state index is -0.173. The molecule has 22 heavy (non-hydrogen) atoms. The molecule has 2 aliphatic rings. The summed E-state index contributed by atoms with van der Waals surface area (Å²) in [6.07, 6.45) is 3.14. The zero-order valence-corrected chi connectivity index (χ0v) is 12.7. The first-order chi connectivity index (χ1) is 10.8. The number of carbonyl (C=O) groups is 1. The molecule has 1 aliphatic heterocycles. The van der Waals surface area contributed by atoms with Gasteiger partial charge in [-0.2, -0.15) is 0 Å². The summed E-state index contributed by atoms with van der Waals surface area (Å²) >= 11 is 0. The summed E-state index contributed by atoms with van der Waals surface area (Å²) in [5.41, 5.74) is 2.40. The Morgan fingerprint density at radius 1 is 1.00 bits per heavy atom. The van der Waals surface area contributed by atoms with E-state index in [2.05, 4.69) is 41.3 Å². The quantitative estimate of drug-likeness (QED) is 0.826. The summed E-state index contributed by atoms with van der Waals surface area (Å²) < 4.78 is 0. The Bertz CT molecular complexity index is 667. The lowest BCUT2D eigenvalue weighted by molar-refractivity contribution is -0.131. The van der Waals surface area contributed by atoms with Crippen LogP contribution in [-0.2, 0) is 16.6 Å². The minimum absolute atomic E-state index is 0.173. The first kappa shape index (κ1) is 13.6. The van der Waals surface area contributed by atoms with Crippen LogP contribution >= 0.6 is 0 Å². The molecule has 1 saturated carbocycles. The number of nitrogens with zero attached hydrogens (tertiary/aromatic N) is 1. The van der Waals surface area contributed by atoms with Crippen LogP contribution in [0.3, 0.4) is 0 Å². The molecule has 0 bridgehead atoms. The van der Waals surface area contributed by atoms with Crippen LogP contribution in [0.4, 0.5) is 0 Å². The molecule has 2 nitrogen and oxygen atoms in total. The zero-order chi connectivity index (χ0) is 15.0. The second-order valence-electron chi connectivity index (χ2n) is 6.58. The molecule has 0 spiro atoms. The van der Waals surface area contributed by atoms with E-state index in [0.29, 0.717) is 11.8 Å². The summed E-state index contributed by atoms with van der Waals surface area (Å²) in [6, 6.07) is 20.9. The number of piperidine rings is 1. The van der Waals surface area contributed by atoms with Crippen molar-refractivity contribution in [1.82, 2.24) is 4.90 Å². The molecule has 1 heterocycles. The highest BCUT2D eigenvalue weighted by molar-refractivity contribution is 5.94. The van der Waals surface area contributed by atoms with Gasteiger partial charge in [-0.25, -0.2) is 0 Å². The van der Waals surface area contributed by atoms with Gasteiger partial charge in [-0.15, -0.1) is 0 Å². The fourth-order valence-corrected chi connectivity index (χ4v) is 3.97. The predicted molar refractivity (Wildman–Crippen MR) is 87.6 cm³/mol. The summed E-state index contributed by atoms with van der Waals surface area (Å²) in [6.45, 7) is 1.83. The maximum atomic E-state index is 12.8. The van der Waals surface area contributed by atoms with Gasteiger partial charge >= 0.3 is 0 Å². The molecule has 112 valence electrons.